The Balaban J connectivity index is -0.000000180. The maximum absolute atomic E-state index is 4.88. The van der Waals surface area contributed by atoms with E-state index >= 15 is 0 Å². The van der Waals surface area contributed by atoms with Crippen molar-refractivity contribution in [1.82, 2.24) is 12.3 Å². The van der Waals surface area contributed by atoms with Gasteiger partial charge in [0, 0.05) is 25.5 Å². The molecule has 0 saturated heterocycles. The van der Waals surface area contributed by atoms with Crippen LogP contribution in [-0.4, -0.2) is 23.2 Å². The second kappa shape index (κ2) is 15.7. The zero-order valence-corrected chi connectivity index (χ0v) is 6.63. The molecule has 0 amide bonds. The van der Waals surface area contributed by atoms with E-state index < -0.39 is 0 Å². The molecule has 0 fully saturated rings. The molecule has 52 valence electrons. The maximum atomic E-state index is 4.88. The molecule has 0 bridgehead atoms. The zero-order valence-electron chi connectivity index (χ0n) is 5.63. The van der Waals surface area contributed by atoms with Crippen LogP contribution in [0.1, 0.15) is 13.8 Å². The third-order valence-electron chi connectivity index (χ3n) is 0.407. The molecule has 0 heterocycles. The molecule has 0 aliphatic rings. The summed E-state index contributed by atoms with van der Waals surface area (Å²) in [5.41, 5.74) is 0. The molecule has 0 aliphatic carbocycles. The lowest BCUT2D eigenvalue weighted by Gasteiger charge is -1.93. The lowest BCUT2D eigenvalue weighted by Crippen LogP contribution is -2.02. The van der Waals surface area contributed by atoms with Crippen LogP contribution in [0, 0.1) is 0 Å². The Morgan fingerprint density at radius 2 is 1.33 bits per heavy atom. The van der Waals surface area contributed by atoms with E-state index in [9.17, 15) is 0 Å². The Kier molecular flexibility index (Phi) is 27.9. The monoisotopic (exact) mass is 146 g/mol. The van der Waals surface area contributed by atoms with Crippen molar-refractivity contribution in [3.8, 4) is 0 Å². The summed E-state index contributed by atoms with van der Waals surface area (Å²) in [4.78, 5) is 0. The van der Waals surface area contributed by atoms with Gasteiger partial charge < -0.3 is 8.85 Å². The summed E-state index contributed by atoms with van der Waals surface area (Å²) in [6, 6.07) is 0. The lowest BCUT2D eigenvalue weighted by atomic mass is 10.9. The van der Waals surface area contributed by atoms with Gasteiger partial charge >= 0.3 is 10.0 Å². The van der Waals surface area contributed by atoms with Crippen molar-refractivity contribution in [3.63, 3.8) is 0 Å². The van der Waals surface area contributed by atoms with E-state index in [1.54, 1.807) is 0 Å². The minimum atomic E-state index is 0. The van der Waals surface area contributed by atoms with Gasteiger partial charge in [-0.1, -0.05) is 0 Å². The second-order valence-corrected chi connectivity index (χ2v) is 1.69. The minimum Gasteiger partial charge on any atom is -0.393 e. The standard InChI is InChI=1S/C4H10O2Si.2N/c1-3-5-7-6-4-2;;/h3-4H2,1-2H3;;. The molecule has 0 aromatic heterocycles. The Bertz CT molecular complexity index is 35.7. The van der Waals surface area contributed by atoms with Gasteiger partial charge in [-0.3, -0.25) is 0 Å². The van der Waals surface area contributed by atoms with E-state index in [-0.39, 0.29) is 22.3 Å². The van der Waals surface area contributed by atoms with Crippen LogP contribution >= 0.6 is 0 Å². The summed E-state index contributed by atoms with van der Waals surface area (Å²) < 4.78 is 9.76. The van der Waals surface area contributed by atoms with Crippen molar-refractivity contribution in [2.24, 2.45) is 0 Å². The predicted molar refractivity (Wildman–Crippen MR) is 33.3 cm³/mol. The van der Waals surface area contributed by atoms with E-state index in [1.165, 1.54) is 0 Å². The lowest BCUT2D eigenvalue weighted by molar-refractivity contribution is 0.240. The molecule has 0 atom stereocenters. The summed E-state index contributed by atoms with van der Waals surface area (Å²) in [7, 11) is 0.232. The van der Waals surface area contributed by atoms with Gasteiger partial charge in [-0.05, 0) is 13.8 Å². The SMILES string of the molecule is CCO[Si]OCC.[N].[N]. The van der Waals surface area contributed by atoms with E-state index in [4.69, 9.17) is 8.85 Å². The van der Waals surface area contributed by atoms with Gasteiger partial charge in [-0.15, -0.1) is 0 Å². The third kappa shape index (κ3) is 18.0. The van der Waals surface area contributed by atoms with Crippen molar-refractivity contribution in [2.45, 2.75) is 13.8 Å². The van der Waals surface area contributed by atoms with E-state index in [0.717, 1.165) is 13.2 Å². The summed E-state index contributed by atoms with van der Waals surface area (Å²) in [6.07, 6.45) is 0. The van der Waals surface area contributed by atoms with E-state index in [1.807, 2.05) is 13.8 Å². The largest absolute Gasteiger partial charge is 0.433 e. The number of nitrogens with zero attached hydrogens (tertiary/aromatic N) is 2. The fraction of sp³-hybridized carbons (Fsp3) is 1.00. The van der Waals surface area contributed by atoms with Crippen molar-refractivity contribution in [2.75, 3.05) is 13.2 Å². The van der Waals surface area contributed by atoms with Gasteiger partial charge in [-0.25, -0.2) is 0 Å². The van der Waals surface area contributed by atoms with E-state index in [0.29, 0.717) is 0 Å². The highest BCUT2D eigenvalue weighted by atomic mass is 28.3. The fourth-order valence-electron chi connectivity index (χ4n) is 0.160. The molecule has 4 nitrogen and oxygen atoms in total. The second-order valence-electron chi connectivity index (χ2n) is 0.949. The average molecular weight is 146 g/mol. The van der Waals surface area contributed by atoms with Crippen LogP contribution < -0.4 is 12.3 Å². The van der Waals surface area contributed by atoms with Crippen LogP contribution in [0.4, 0.5) is 0 Å². The Labute approximate surface area is 59.2 Å². The van der Waals surface area contributed by atoms with Crippen molar-refractivity contribution in [1.29, 1.82) is 0 Å². The highest BCUT2D eigenvalue weighted by Gasteiger charge is 1.83. The summed E-state index contributed by atoms with van der Waals surface area (Å²) in [5, 5.41) is 0. The molecule has 8 radical (unpaired) electrons. The predicted octanol–water partition coefficient (Wildman–Crippen LogP) is -0.368. The van der Waals surface area contributed by atoms with Crippen LogP contribution in [0.5, 0.6) is 0 Å². The average Bonchev–Trinajstić information content (AvgIpc) is 1.69. The first-order chi connectivity index (χ1) is 3.41. The Morgan fingerprint density at radius 1 is 1.00 bits per heavy atom. The molecule has 0 rings (SSSR count). The molecular weight excluding hydrogens is 136 g/mol. The number of hydrogen-bond donors (Lipinski definition) is 0. The smallest absolute Gasteiger partial charge is 0.393 e. The molecule has 0 aliphatic heterocycles. The van der Waals surface area contributed by atoms with Gasteiger partial charge in [0.1, 0.15) is 0 Å². The number of rotatable bonds is 4. The summed E-state index contributed by atoms with van der Waals surface area (Å²) in [5.74, 6) is 0. The molecule has 0 aromatic rings. The first kappa shape index (κ1) is 16.0. The molecule has 5 heteroatoms. The van der Waals surface area contributed by atoms with Crippen LogP contribution in [0.25, 0.3) is 0 Å². The van der Waals surface area contributed by atoms with Crippen LogP contribution in [0.2, 0.25) is 0 Å². The molecule has 9 heavy (non-hydrogen) atoms. The fourth-order valence-corrected chi connectivity index (χ4v) is 0.479. The minimum absolute atomic E-state index is 0. The molecule has 0 saturated carbocycles. The third-order valence-corrected chi connectivity index (χ3v) is 1.22. The van der Waals surface area contributed by atoms with Gasteiger partial charge in [0.2, 0.25) is 0 Å². The number of hydrogen-bond acceptors (Lipinski definition) is 2. The van der Waals surface area contributed by atoms with Crippen LogP contribution in [-0.2, 0) is 8.85 Å². The van der Waals surface area contributed by atoms with E-state index in [2.05, 4.69) is 0 Å². The molecule has 0 aromatic carbocycles. The Morgan fingerprint density at radius 3 is 1.56 bits per heavy atom. The van der Waals surface area contributed by atoms with Gasteiger partial charge in [0.15, 0.2) is 0 Å². The van der Waals surface area contributed by atoms with Crippen LogP contribution in [0.3, 0.4) is 0 Å². The Hall–Kier alpha value is 0.0569. The highest BCUT2D eigenvalue weighted by Crippen LogP contribution is 1.70. The van der Waals surface area contributed by atoms with Crippen molar-refractivity contribution < 1.29 is 8.85 Å². The van der Waals surface area contributed by atoms with Crippen molar-refractivity contribution >= 4 is 10.0 Å². The van der Waals surface area contributed by atoms with Gasteiger partial charge in [-0.2, -0.15) is 0 Å². The molecule has 0 N–H and O–H groups in total. The van der Waals surface area contributed by atoms with Crippen LogP contribution in [0.15, 0.2) is 0 Å². The maximum Gasteiger partial charge on any atom is 0.433 e. The van der Waals surface area contributed by atoms with Crippen molar-refractivity contribution in [3.05, 3.63) is 0 Å². The summed E-state index contributed by atoms with van der Waals surface area (Å²) in [6.45, 7) is 5.40. The van der Waals surface area contributed by atoms with Gasteiger partial charge in [0.25, 0.3) is 0 Å². The topological polar surface area (TPSA) is 79.5 Å². The highest BCUT2D eigenvalue weighted by molar-refractivity contribution is 6.17. The molecule has 0 unspecified atom stereocenters. The molecular formula is C4H10N2O2Si. The summed E-state index contributed by atoms with van der Waals surface area (Å²) >= 11 is 0. The molecule has 0 spiro atoms. The van der Waals surface area contributed by atoms with Gasteiger partial charge in [0.05, 0.1) is 0 Å². The zero-order chi connectivity index (χ0) is 5.54. The first-order valence-corrected chi connectivity index (χ1v) is 3.22. The normalized spacial score (nSPS) is 7.33. The quantitative estimate of drug-likeness (QED) is 0.400. The first-order valence-electron chi connectivity index (χ1n) is 2.40.